The lowest BCUT2D eigenvalue weighted by Crippen LogP contribution is -2.09. The number of ether oxygens (including phenoxy) is 12. The van der Waals surface area contributed by atoms with Crippen molar-refractivity contribution in [1.82, 2.24) is 0 Å². The molecule has 0 spiro atoms. The number of esters is 9. The van der Waals surface area contributed by atoms with Crippen LogP contribution < -0.4 is 18.9 Å². The molecule has 0 aliphatic rings. The highest BCUT2D eigenvalue weighted by atomic mass is 16.6. The third-order valence-corrected chi connectivity index (χ3v) is 15.1. The van der Waals surface area contributed by atoms with Gasteiger partial charge in [0.25, 0.3) is 0 Å². The van der Waals surface area contributed by atoms with E-state index in [0.717, 1.165) is 110 Å². The van der Waals surface area contributed by atoms with E-state index < -0.39 is 11.9 Å². The van der Waals surface area contributed by atoms with Gasteiger partial charge in [-0.3, -0.25) is 33.6 Å². The van der Waals surface area contributed by atoms with Gasteiger partial charge < -0.3 is 56.8 Å². The first-order valence-electron chi connectivity index (χ1n) is 35.3. The van der Waals surface area contributed by atoms with Gasteiger partial charge in [0.1, 0.15) is 23.0 Å². The van der Waals surface area contributed by atoms with E-state index in [-0.39, 0.29) is 54.6 Å². The highest BCUT2D eigenvalue weighted by Gasteiger charge is 2.14. The molecule has 3 aromatic carbocycles. The first-order chi connectivity index (χ1) is 46.7. The van der Waals surface area contributed by atoms with Gasteiger partial charge in [0.2, 0.25) is 0 Å². The van der Waals surface area contributed by atoms with Crippen molar-refractivity contribution >= 4 is 53.7 Å². The number of unbranched alkanes of at least 4 members (excludes halogenated alkanes) is 19. The van der Waals surface area contributed by atoms with Crippen molar-refractivity contribution in [2.45, 2.75) is 232 Å². The fourth-order valence-electron chi connectivity index (χ4n) is 9.49. The second kappa shape index (κ2) is 55.6. The third-order valence-electron chi connectivity index (χ3n) is 15.1. The Balaban J connectivity index is 0.980. The Kier molecular flexibility index (Phi) is 47.9. The van der Waals surface area contributed by atoms with Crippen molar-refractivity contribution in [3.63, 3.8) is 0 Å². The average molecular weight is 1350 g/mol. The summed E-state index contributed by atoms with van der Waals surface area (Å²) in [5, 5.41) is 0. The molecule has 3 aromatic rings. The van der Waals surface area contributed by atoms with Gasteiger partial charge in [0, 0.05) is 58.2 Å². The zero-order valence-corrected chi connectivity index (χ0v) is 57.7. The number of methoxy groups -OCH3 is 1. The maximum Gasteiger partial charge on any atom is 0.343 e. The molecule has 0 aliphatic carbocycles. The van der Waals surface area contributed by atoms with Crippen LogP contribution in [0.25, 0.3) is 0 Å². The highest BCUT2D eigenvalue weighted by Crippen LogP contribution is 2.22. The molecule has 21 nitrogen and oxygen atoms in total. The summed E-state index contributed by atoms with van der Waals surface area (Å²) in [4.78, 5) is 110. The normalized spacial score (nSPS) is 10.9. The zero-order valence-electron chi connectivity index (χ0n) is 57.7. The Morgan fingerprint density at radius 1 is 0.271 bits per heavy atom. The van der Waals surface area contributed by atoms with E-state index in [1.54, 1.807) is 79.9 Å². The summed E-state index contributed by atoms with van der Waals surface area (Å²) in [6, 6.07) is 19.5. The lowest BCUT2D eigenvalue weighted by Gasteiger charge is -2.09. The molecule has 0 fully saturated rings. The quantitative estimate of drug-likeness (QED) is 0.0220. The predicted molar refractivity (Wildman–Crippen MR) is 361 cm³/mol. The number of hydrogen-bond acceptors (Lipinski definition) is 21. The summed E-state index contributed by atoms with van der Waals surface area (Å²) >= 11 is 0. The van der Waals surface area contributed by atoms with Crippen molar-refractivity contribution < 1.29 is 100.0 Å². The van der Waals surface area contributed by atoms with Gasteiger partial charge in [0.15, 0.2) is 0 Å². The van der Waals surface area contributed by atoms with Crippen molar-refractivity contribution in [2.75, 3.05) is 73.2 Å². The van der Waals surface area contributed by atoms with Crippen LogP contribution in [0.2, 0.25) is 0 Å². The number of carbonyl (C=O) groups excluding carboxylic acids is 9. The van der Waals surface area contributed by atoms with Gasteiger partial charge in [0.05, 0.1) is 71.1 Å². The Hall–Kier alpha value is -7.55. The fraction of sp³-hybridized carbons (Fsp3) is 0.640. The van der Waals surface area contributed by atoms with Crippen LogP contribution in [0.5, 0.6) is 23.0 Å². The summed E-state index contributed by atoms with van der Waals surface area (Å²) in [6.45, 7) is 8.55. The van der Waals surface area contributed by atoms with E-state index in [1.807, 2.05) is 0 Å². The molecule has 0 saturated carbocycles. The minimum Gasteiger partial charge on any atom is -0.497 e. The standard InChI is InChI=1S/C75H110O21/c1-60(2)59-86-50-22-8-15-31-67(76)89-53-25-10-17-33-69(78)91-55-27-12-19-35-71(80)93-57-29-14-21-37-73(82)94-58-30-13-20-36-72(81)92-56-28-11-18-34-70(79)90-54-26-9-16-32-68(77)88-52-24-7-5-4-6-23-51-87-64-44-40-62(41-45-64)75(84)96-66-48-46-65(47-49-66)95-74(83)61-38-42-63(85-3)43-39-61/h38-49,60H,4-37,50-59H2,1-3H3. The molecular formula is C75H110O21. The van der Waals surface area contributed by atoms with Gasteiger partial charge >= 0.3 is 53.7 Å². The van der Waals surface area contributed by atoms with Crippen LogP contribution in [0.3, 0.4) is 0 Å². The van der Waals surface area contributed by atoms with E-state index >= 15 is 0 Å². The molecule has 0 N–H and O–H groups in total. The van der Waals surface area contributed by atoms with E-state index in [9.17, 15) is 43.2 Å². The van der Waals surface area contributed by atoms with Gasteiger partial charge in [-0.25, -0.2) is 9.59 Å². The summed E-state index contributed by atoms with van der Waals surface area (Å²) in [6.07, 6.45) is 23.0. The minimum absolute atomic E-state index is 0.178. The molecule has 0 unspecified atom stereocenters. The molecule has 0 aliphatic heterocycles. The topological polar surface area (TPSA) is 264 Å². The minimum atomic E-state index is -0.530. The number of carbonyl (C=O) groups is 9. The van der Waals surface area contributed by atoms with E-state index in [0.29, 0.717) is 202 Å². The van der Waals surface area contributed by atoms with Crippen LogP contribution in [0.15, 0.2) is 72.8 Å². The maximum atomic E-state index is 12.7. The van der Waals surface area contributed by atoms with Crippen LogP contribution in [0.1, 0.15) is 253 Å². The van der Waals surface area contributed by atoms with Crippen LogP contribution >= 0.6 is 0 Å². The zero-order chi connectivity index (χ0) is 69.3. The first-order valence-corrected chi connectivity index (χ1v) is 35.3. The van der Waals surface area contributed by atoms with Gasteiger partial charge in [-0.15, -0.1) is 0 Å². The van der Waals surface area contributed by atoms with Crippen LogP contribution in [0, 0.1) is 5.92 Å². The molecule has 21 heteroatoms. The largest absolute Gasteiger partial charge is 0.497 e. The van der Waals surface area contributed by atoms with Crippen molar-refractivity contribution in [3.8, 4) is 23.0 Å². The molecule has 0 atom stereocenters. The van der Waals surface area contributed by atoms with Gasteiger partial charge in [-0.2, -0.15) is 0 Å². The molecule has 0 bridgehead atoms. The third kappa shape index (κ3) is 45.8. The first kappa shape index (κ1) is 82.7. The molecule has 0 heterocycles. The second-order valence-corrected chi connectivity index (χ2v) is 24.2. The summed E-state index contributed by atoms with van der Waals surface area (Å²) in [5.41, 5.74) is 0.739. The molecule has 0 saturated heterocycles. The van der Waals surface area contributed by atoms with E-state index in [2.05, 4.69) is 13.8 Å². The van der Waals surface area contributed by atoms with Crippen molar-refractivity contribution in [3.05, 3.63) is 83.9 Å². The second-order valence-electron chi connectivity index (χ2n) is 24.2. The molecule has 0 aromatic heterocycles. The summed E-state index contributed by atoms with van der Waals surface area (Å²) < 4.78 is 64.6. The summed E-state index contributed by atoms with van der Waals surface area (Å²) in [5.74, 6) is -0.336. The lowest BCUT2D eigenvalue weighted by atomic mass is 10.1. The SMILES string of the molecule is COc1ccc(C(=O)Oc2ccc(OC(=O)c3ccc(OCCCCCCCCOC(=O)CCCCCOC(=O)CCCCCOC(=O)CCCCCOC(=O)CCCCCOC(=O)CCCCCOC(=O)CCCCCOC(=O)CCCCCOCC(C)C)cc3)cc2)cc1. The fourth-order valence-corrected chi connectivity index (χ4v) is 9.49. The number of benzene rings is 3. The Labute approximate surface area is 569 Å². The van der Waals surface area contributed by atoms with Crippen LogP contribution in [-0.2, 0) is 71.5 Å². The Bertz CT molecular complexity index is 2600. The van der Waals surface area contributed by atoms with Crippen molar-refractivity contribution in [2.24, 2.45) is 5.92 Å². The lowest BCUT2D eigenvalue weighted by molar-refractivity contribution is -0.146. The van der Waals surface area contributed by atoms with E-state index in [1.165, 1.54) is 0 Å². The summed E-state index contributed by atoms with van der Waals surface area (Å²) in [7, 11) is 1.55. The highest BCUT2D eigenvalue weighted by molar-refractivity contribution is 5.92. The number of hydrogen-bond donors (Lipinski definition) is 0. The molecule has 536 valence electrons. The predicted octanol–water partition coefficient (Wildman–Crippen LogP) is 15.3. The maximum absolute atomic E-state index is 12.7. The Morgan fingerprint density at radius 3 is 0.771 bits per heavy atom. The average Bonchev–Trinajstić information content (AvgIpc) is 0.972. The number of rotatable bonds is 59. The smallest absolute Gasteiger partial charge is 0.343 e. The van der Waals surface area contributed by atoms with Crippen LogP contribution in [0.4, 0.5) is 0 Å². The molecule has 3 rings (SSSR count). The van der Waals surface area contributed by atoms with Gasteiger partial charge in [-0.05, 0) is 220 Å². The molecule has 0 radical (unpaired) electrons. The Morgan fingerprint density at radius 2 is 0.500 bits per heavy atom. The monoisotopic (exact) mass is 1350 g/mol. The van der Waals surface area contributed by atoms with Crippen LogP contribution in [-0.4, -0.2) is 127 Å². The van der Waals surface area contributed by atoms with E-state index in [4.69, 9.17) is 56.8 Å². The van der Waals surface area contributed by atoms with Crippen molar-refractivity contribution in [1.29, 1.82) is 0 Å². The molecule has 0 amide bonds. The molecular weight excluding hydrogens is 1240 g/mol. The molecule has 96 heavy (non-hydrogen) atoms. The van der Waals surface area contributed by atoms with Gasteiger partial charge in [-0.1, -0.05) is 46.0 Å².